The lowest BCUT2D eigenvalue weighted by Crippen LogP contribution is -2.32. The van der Waals surface area contributed by atoms with E-state index in [1.54, 1.807) is 6.07 Å². The quantitative estimate of drug-likeness (QED) is 0.805. The van der Waals surface area contributed by atoms with Gasteiger partial charge < -0.3 is 5.73 Å². The summed E-state index contributed by atoms with van der Waals surface area (Å²) in [6, 6.07) is 13.6. The number of nitrogens with two attached hydrogens (primary N) is 1. The number of carbonyl (C=O) groups is 1. The van der Waals surface area contributed by atoms with Gasteiger partial charge in [0.15, 0.2) is 0 Å². The predicted octanol–water partition coefficient (Wildman–Crippen LogP) is 3.27. The van der Waals surface area contributed by atoms with Crippen LogP contribution >= 0.6 is 0 Å². The summed E-state index contributed by atoms with van der Waals surface area (Å²) in [6.45, 7) is 0. The summed E-state index contributed by atoms with van der Waals surface area (Å²) < 4.78 is 0. The average molecular weight is 267 g/mol. The molecule has 0 spiro atoms. The topological polar surface area (TPSA) is 75.8 Å². The molecule has 2 aromatic carbocycles. The lowest BCUT2D eigenvalue weighted by molar-refractivity contribution is 0.256. The highest BCUT2D eigenvalue weighted by Gasteiger charge is 2.29. The van der Waals surface area contributed by atoms with Gasteiger partial charge in [-0.3, -0.25) is 4.90 Å². The van der Waals surface area contributed by atoms with Gasteiger partial charge in [0.05, 0.1) is 11.4 Å². The number of nitroso groups, excluding NO2 is 1. The molecular formula is C15H13N3O2. The van der Waals surface area contributed by atoms with Crippen LogP contribution in [0.2, 0.25) is 0 Å². The van der Waals surface area contributed by atoms with E-state index in [1.807, 2.05) is 42.5 Å². The zero-order valence-corrected chi connectivity index (χ0v) is 10.7. The maximum Gasteiger partial charge on any atom is 0.323 e. The molecule has 0 radical (unpaired) electrons. The number of hydrogen-bond acceptors (Lipinski definition) is 3. The summed E-state index contributed by atoms with van der Waals surface area (Å²) in [5.41, 5.74) is 8.46. The monoisotopic (exact) mass is 267 g/mol. The highest BCUT2D eigenvalue weighted by molar-refractivity contribution is 6.00. The Morgan fingerprint density at radius 3 is 2.45 bits per heavy atom. The van der Waals surface area contributed by atoms with E-state index in [0.717, 1.165) is 11.1 Å². The Labute approximate surface area is 116 Å². The Hall–Kier alpha value is -2.69. The number of para-hydroxylation sites is 2. The van der Waals surface area contributed by atoms with Gasteiger partial charge in [-0.1, -0.05) is 41.6 Å². The number of nitrogens with zero attached hydrogens (tertiary/aromatic N) is 2. The van der Waals surface area contributed by atoms with E-state index >= 15 is 0 Å². The van der Waals surface area contributed by atoms with Crippen LogP contribution in [-0.2, 0) is 6.42 Å². The van der Waals surface area contributed by atoms with E-state index in [9.17, 15) is 9.70 Å². The van der Waals surface area contributed by atoms with Crippen molar-refractivity contribution in [1.82, 2.24) is 0 Å². The SMILES string of the molecule is NC(=O)N1c2ccccc2CC(N=O)c2ccccc21. The molecule has 1 unspecified atom stereocenters. The van der Waals surface area contributed by atoms with Crippen LogP contribution in [0.1, 0.15) is 17.2 Å². The molecule has 2 N–H and O–H groups in total. The molecule has 1 heterocycles. The van der Waals surface area contributed by atoms with E-state index in [2.05, 4.69) is 5.18 Å². The number of fused-ring (bicyclic) bond motifs is 2. The number of carbonyl (C=O) groups excluding carboxylic acids is 1. The van der Waals surface area contributed by atoms with Crippen molar-refractivity contribution >= 4 is 17.4 Å². The second-order valence-corrected chi connectivity index (χ2v) is 4.69. The minimum atomic E-state index is -0.573. The molecule has 0 fully saturated rings. The van der Waals surface area contributed by atoms with E-state index in [0.29, 0.717) is 17.8 Å². The fraction of sp³-hybridized carbons (Fsp3) is 0.133. The molecular weight excluding hydrogens is 254 g/mol. The summed E-state index contributed by atoms with van der Waals surface area (Å²) >= 11 is 0. The standard InChI is InChI=1S/C15H13N3O2/c16-15(19)18-13-7-3-1-5-10(13)9-12(17-20)11-6-2-4-8-14(11)18/h1-8,12H,9H2,(H2,16,19). The molecule has 0 aromatic heterocycles. The predicted molar refractivity (Wildman–Crippen MR) is 76.8 cm³/mol. The Kier molecular flexibility index (Phi) is 2.95. The van der Waals surface area contributed by atoms with E-state index in [-0.39, 0.29) is 0 Å². The highest BCUT2D eigenvalue weighted by atomic mass is 16.3. The van der Waals surface area contributed by atoms with Crippen LogP contribution in [0.3, 0.4) is 0 Å². The van der Waals surface area contributed by atoms with Crippen molar-refractivity contribution in [2.24, 2.45) is 10.9 Å². The van der Waals surface area contributed by atoms with Gasteiger partial charge in [-0.15, -0.1) is 0 Å². The molecule has 0 saturated heterocycles. The third kappa shape index (κ3) is 1.84. The third-order valence-electron chi connectivity index (χ3n) is 3.53. The molecule has 0 bridgehead atoms. The summed E-state index contributed by atoms with van der Waals surface area (Å²) in [7, 11) is 0. The smallest absolute Gasteiger partial charge is 0.323 e. The molecule has 1 aliphatic rings. The molecule has 100 valence electrons. The first-order valence-corrected chi connectivity index (χ1v) is 6.31. The Balaban J connectivity index is 2.30. The fourth-order valence-electron chi connectivity index (χ4n) is 2.65. The van der Waals surface area contributed by atoms with Crippen molar-refractivity contribution in [3.05, 3.63) is 64.6 Å². The molecule has 5 heteroatoms. The van der Waals surface area contributed by atoms with E-state index in [4.69, 9.17) is 5.73 Å². The van der Waals surface area contributed by atoms with Crippen LogP contribution in [0.4, 0.5) is 16.2 Å². The van der Waals surface area contributed by atoms with Gasteiger partial charge in [-0.25, -0.2) is 4.79 Å². The molecule has 1 atom stereocenters. The normalized spacial score (nSPS) is 16.8. The first-order valence-electron chi connectivity index (χ1n) is 6.31. The average Bonchev–Trinajstić information content (AvgIpc) is 2.61. The van der Waals surface area contributed by atoms with Gasteiger partial charge in [0.2, 0.25) is 0 Å². The Morgan fingerprint density at radius 1 is 1.10 bits per heavy atom. The molecule has 0 aliphatic carbocycles. The summed E-state index contributed by atoms with van der Waals surface area (Å²) in [5.74, 6) is 0. The van der Waals surface area contributed by atoms with Gasteiger partial charge in [0, 0.05) is 12.0 Å². The zero-order valence-electron chi connectivity index (χ0n) is 10.7. The van der Waals surface area contributed by atoms with E-state index < -0.39 is 12.1 Å². The second kappa shape index (κ2) is 4.77. The Morgan fingerprint density at radius 2 is 1.75 bits per heavy atom. The molecule has 20 heavy (non-hydrogen) atoms. The maximum absolute atomic E-state index is 11.9. The van der Waals surface area contributed by atoms with Crippen LogP contribution in [0.25, 0.3) is 0 Å². The molecule has 2 amide bonds. The van der Waals surface area contributed by atoms with Crippen LogP contribution in [0, 0.1) is 4.91 Å². The van der Waals surface area contributed by atoms with Gasteiger partial charge in [-0.2, -0.15) is 4.91 Å². The molecule has 3 rings (SSSR count). The van der Waals surface area contributed by atoms with Gasteiger partial charge >= 0.3 is 6.03 Å². The molecule has 5 nitrogen and oxygen atoms in total. The Bertz CT molecular complexity index is 684. The van der Waals surface area contributed by atoms with Gasteiger partial charge in [-0.05, 0) is 17.7 Å². The summed E-state index contributed by atoms with van der Waals surface area (Å²) in [4.78, 5) is 24.5. The van der Waals surface area contributed by atoms with Crippen molar-refractivity contribution in [1.29, 1.82) is 0 Å². The number of primary amides is 1. The number of benzene rings is 2. The van der Waals surface area contributed by atoms with Crippen LogP contribution in [0.5, 0.6) is 0 Å². The summed E-state index contributed by atoms with van der Waals surface area (Å²) in [5, 5.41) is 3.21. The van der Waals surface area contributed by atoms with Crippen molar-refractivity contribution in [2.75, 3.05) is 4.90 Å². The second-order valence-electron chi connectivity index (χ2n) is 4.69. The first kappa shape index (κ1) is 12.3. The lowest BCUT2D eigenvalue weighted by Gasteiger charge is -2.22. The minimum Gasteiger partial charge on any atom is -0.351 e. The van der Waals surface area contributed by atoms with Crippen molar-refractivity contribution in [3.63, 3.8) is 0 Å². The van der Waals surface area contributed by atoms with Crippen LogP contribution in [0.15, 0.2) is 53.7 Å². The van der Waals surface area contributed by atoms with Crippen LogP contribution in [-0.4, -0.2) is 6.03 Å². The lowest BCUT2D eigenvalue weighted by atomic mass is 10.00. The van der Waals surface area contributed by atoms with Gasteiger partial charge in [0.1, 0.15) is 6.04 Å². The molecule has 1 aliphatic heterocycles. The summed E-state index contributed by atoms with van der Waals surface area (Å²) in [6.07, 6.45) is 0.459. The third-order valence-corrected chi connectivity index (χ3v) is 3.53. The number of rotatable bonds is 1. The minimum absolute atomic E-state index is 0.459. The van der Waals surface area contributed by atoms with Gasteiger partial charge in [0.25, 0.3) is 0 Å². The first-order chi connectivity index (χ1) is 9.72. The molecule has 2 aromatic rings. The fourth-order valence-corrected chi connectivity index (χ4v) is 2.65. The van der Waals surface area contributed by atoms with Crippen molar-refractivity contribution in [2.45, 2.75) is 12.5 Å². The van der Waals surface area contributed by atoms with Crippen molar-refractivity contribution < 1.29 is 4.79 Å². The number of urea groups is 1. The molecule has 0 saturated carbocycles. The number of amides is 2. The number of anilines is 2. The maximum atomic E-state index is 11.9. The largest absolute Gasteiger partial charge is 0.351 e. The van der Waals surface area contributed by atoms with E-state index in [1.165, 1.54) is 4.90 Å². The number of hydrogen-bond donors (Lipinski definition) is 1. The zero-order chi connectivity index (χ0) is 14.1. The van der Waals surface area contributed by atoms with Crippen LogP contribution < -0.4 is 10.6 Å². The highest BCUT2D eigenvalue weighted by Crippen LogP contribution is 2.41. The van der Waals surface area contributed by atoms with Crippen molar-refractivity contribution in [3.8, 4) is 0 Å².